The van der Waals surface area contributed by atoms with Gasteiger partial charge in [-0.05, 0) is 46.8 Å². The number of pyridine rings is 1. The molecule has 0 N–H and O–H groups in total. The maximum Gasteiger partial charge on any atom is 0.114 e. The van der Waals surface area contributed by atoms with Crippen molar-refractivity contribution in [2.24, 2.45) is 0 Å². The summed E-state index contributed by atoms with van der Waals surface area (Å²) in [5, 5.41) is 15.8. The predicted molar refractivity (Wildman–Crippen MR) is 100 cm³/mol. The van der Waals surface area contributed by atoms with E-state index in [-0.39, 0.29) is 0 Å². The smallest absolute Gasteiger partial charge is 0.114 e. The molecule has 0 fully saturated rings. The molecule has 7 heteroatoms. The molecule has 3 aromatic rings. The van der Waals surface area contributed by atoms with Crippen LogP contribution in [0.1, 0.15) is 59.3 Å². The summed E-state index contributed by atoms with van der Waals surface area (Å²) in [4.78, 5) is 4.04. The van der Waals surface area contributed by atoms with Crippen LogP contribution in [-0.2, 0) is 0 Å². The SMILES string of the molecule is CC.CC(C)n1cc(-c2cccnc2)nn1.Cc1cn(C(C)C)nn1. The van der Waals surface area contributed by atoms with Crippen molar-refractivity contribution in [3.05, 3.63) is 42.6 Å². The Labute approximate surface area is 150 Å². The van der Waals surface area contributed by atoms with E-state index in [1.54, 1.807) is 12.4 Å². The summed E-state index contributed by atoms with van der Waals surface area (Å²) in [5.41, 5.74) is 2.84. The molecule has 3 aromatic heterocycles. The number of nitrogens with zero attached hydrogens (tertiary/aromatic N) is 7. The minimum atomic E-state index is 0.341. The van der Waals surface area contributed by atoms with Gasteiger partial charge in [-0.3, -0.25) is 4.98 Å². The van der Waals surface area contributed by atoms with Crippen LogP contribution < -0.4 is 0 Å². The van der Waals surface area contributed by atoms with Crippen LogP contribution in [0.3, 0.4) is 0 Å². The lowest BCUT2D eigenvalue weighted by Crippen LogP contribution is -2.00. The molecular weight excluding hydrogens is 314 g/mol. The van der Waals surface area contributed by atoms with E-state index >= 15 is 0 Å². The largest absolute Gasteiger partial charge is 0.264 e. The van der Waals surface area contributed by atoms with Crippen LogP contribution in [0.2, 0.25) is 0 Å². The number of hydrogen-bond acceptors (Lipinski definition) is 5. The first-order chi connectivity index (χ1) is 12.0. The highest BCUT2D eigenvalue weighted by Gasteiger charge is 2.04. The first-order valence-corrected chi connectivity index (χ1v) is 8.68. The van der Waals surface area contributed by atoms with E-state index in [2.05, 4.69) is 53.3 Å². The van der Waals surface area contributed by atoms with E-state index < -0.39 is 0 Å². The Balaban J connectivity index is 0.000000246. The van der Waals surface area contributed by atoms with Crippen LogP contribution in [-0.4, -0.2) is 35.0 Å². The van der Waals surface area contributed by atoms with E-state index in [0.717, 1.165) is 17.0 Å². The quantitative estimate of drug-likeness (QED) is 0.715. The summed E-state index contributed by atoms with van der Waals surface area (Å²) in [7, 11) is 0. The van der Waals surface area contributed by atoms with E-state index in [9.17, 15) is 0 Å². The summed E-state index contributed by atoms with van der Waals surface area (Å²) in [6.45, 7) is 14.2. The number of aromatic nitrogens is 7. The molecule has 25 heavy (non-hydrogen) atoms. The topological polar surface area (TPSA) is 74.3 Å². The highest BCUT2D eigenvalue weighted by molar-refractivity contribution is 5.55. The Bertz CT molecular complexity index is 714. The summed E-state index contributed by atoms with van der Waals surface area (Å²) < 4.78 is 3.68. The second-order valence-corrected chi connectivity index (χ2v) is 5.85. The molecule has 0 amide bonds. The molecule has 3 heterocycles. The zero-order valence-electron chi connectivity index (χ0n) is 16.2. The van der Waals surface area contributed by atoms with Crippen molar-refractivity contribution >= 4 is 0 Å². The third kappa shape index (κ3) is 6.45. The number of aryl methyl sites for hydroxylation is 1. The molecular formula is C18H29N7. The van der Waals surface area contributed by atoms with Gasteiger partial charge < -0.3 is 0 Å². The van der Waals surface area contributed by atoms with Crippen LogP contribution in [0.25, 0.3) is 11.3 Å². The molecule has 0 aromatic carbocycles. The van der Waals surface area contributed by atoms with Gasteiger partial charge in [-0.25, -0.2) is 9.36 Å². The van der Waals surface area contributed by atoms with Crippen molar-refractivity contribution in [2.75, 3.05) is 0 Å². The minimum absolute atomic E-state index is 0.341. The lowest BCUT2D eigenvalue weighted by molar-refractivity contribution is 0.514. The van der Waals surface area contributed by atoms with Crippen LogP contribution in [0, 0.1) is 6.92 Å². The van der Waals surface area contributed by atoms with Crippen molar-refractivity contribution in [1.82, 2.24) is 35.0 Å². The maximum absolute atomic E-state index is 4.08. The van der Waals surface area contributed by atoms with Gasteiger partial charge in [0.1, 0.15) is 5.69 Å². The molecule has 0 aliphatic rings. The third-order valence-corrected chi connectivity index (χ3v) is 3.15. The maximum atomic E-state index is 4.08. The van der Waals surface area contributed by atoms with Crippen molar-refractivity contribution in [3.63, 3.8) is 0 Å². The second kappa shape index (κ2) is 10.3. The molecule has 0 radical (unpaired) electrons. The van der Waals surface area contributed by atoms with Gasteiger partial charge in [-0.2, -0.15) is 0 Å². The average molecular weight is 343 g/mol. The van der Waals surface area contributed by atoms with E-state index in [4.69, 9.17) is 0 Å². The lowest BCUT2D eigenvalue weighted by Gasteiger charge is -2.00. The standard InChI is InChI=1S/C10H12N4.C6H11N3.C2H6/c1-8(2)14-7-10(12-13-14)9-4-3-5-11-6-9;1-5(2)9-4-6(3)7-8-9;1-2/h3-8H,1-2H3;4-5H,1-3H3;1-2H3. The van der Waals surface area contributed by atoms with Crippen molar-refractivity contribution in [3.8, 4) is 11.3 Å². The van der Waals surface area contributed by atoms with Gasteiger partial charge >= 0.3 is 0 Å². The molecule has 0 aliphatic heterocycles. The summed E-state index contributed by atoms with van der Waals surface area (Å²) in [6, 6.07) is 4.63. The van der Waals surface area contributed by atoms with E-state index in [1.165, 1.54) is 0 Å². The predicted octanol–water partition coefficient (Wildman–Crippen LogP) is 4.11. The Hall–Kier alpha value is -2.57. The molecule has 3 rings (SSSR count). The van der Waals surface area contributed by atoms with Crippen molar-refractivity contribution in [1.29, 1.82) is 0 Å². The zero-order chi connectivity index (χ0) is 18.8. The van der Waals surface area contributed by atoms with Crippen LogP contribution in [0.15, 0.2) is 36.9 Å². The fraction of sp³-hybridized carbons (Fsp3) is 0.500. The lowest BCUT2D eigenvalue weighted by atomic mass is 10.2. The van der Waals surface area contributed by atoms with Gasteiger partial charge in [0.25, 0.3) is 0 Å². The zero-order valence-corrected chi connectivity index (χ0v) is 16.2. The Morgan fingerprint density at radius 1 is 0.880 bits per heavy atom. The van der Waals surface area contributed by atoms with Crippen LogP contribution in [0.5, 0.6) is 0 Å². The highest BCUT2D eigenvalue weighted by atomic mass is 15.4. The van der Waals surface area contributed by atoms with Gasteiger partial charge in [-0.1, -0.05) is 24.3 Å². The minimum Gasteiger partial charge on any atom is -0.264 e. The third-order valence-electron chi connectivity index (χ3n) is 3.15. The van der Waals surface area contributed by atoms with Crippen molar-refractivity contribution < 1.29 is 0 Å². The molecule has 7 nitrogen and oxygen atoms in total. The summed E-state index contributed by atoms with van der Waals surface area (Å²) >= 11 is 0. The Kier molecular flexibility index (Phi) is 8.46. The molecule has 0 atom stereocenters. The molecule has 0 saturated heterocycles. The average Bonchev–Trinajstić information content (AvgIpc) is 3.27. The van der Waals surface area contributed by atoms with E-state index in [0.29, 0.717) is 12.1 Å². The fourth-order valence-corrected chi connectivity index (χ4v) is 1.79. The molecule has 0 bridgehead atoms. The number of hydrogen-bond donors (Lipinski definition) is 0. The van der Waals surface area contributed by atoms with Crippen LogP contribution in [0.4, 0.5) is 0 Å². The van der Waals surface area contributed by atoms with Gasteiger partial charge in [0.15, 0.2) is 0 Å². The Morgan fingerprint density at radius 2 is 1.48 bits per heavy atom. The first kappa shape index (κ1) is 20.5. The van der Waals surface area contributed by atoms with Crippen molar-refractivity contribution in [2.45, 2.75) is 60.5 Å². The summed E-state index contributed by atoms with van der Waals surface area (Å²) in [6.07, 6.45) is 7.40. The van der Waals surface area contributed by atoms with E-state index in [1.807, 2.05) is 54.7 Å². The molecule has 0 spiro atoms. The van der Waals surface area contributed by atoms with Gasteiger partial charge in [0.2, 0.25) is 0 Å². The monoisotopic (exact) mass is 343 g/mol. The summed E-state index contributed by atoms with van der Waals surface area (Å²) in [5.74, 6) is 0. The number of rotatable bonds is 3. The molecule has 136 valence electrons. The highest BCUT2D eigenvalue weighted by Crippen LogP contribution is 2.15. The molecule has 0 unspecified atom stereocenters. The fourth-order valence-electron chi connectivity index (χ4n) is 1.79. The molecule has 0 aliphatic carbocycles. The van der Waals surface area contributed by atoms with Gasteiger partial charge in [-0.15, -0.1) is 10.2 Å². The Morgan fingerprint density at radius 3 is 1.88 bits per heavy atom. The normalized spacial score (nSPS) is 10.1. The van der Waals surface area contributed by atoms with Crippen LogP contribution >= 0.6 is 0 Å². The second-order valence-electron chi connectivity index (χ2n) is 5.85. The van der Waals surface area contributed by atoms with Gasteiger partial charge in [0.05, 0.1) is 11.9 Å². The molecule has 0 saturated carbocycles. The first-order valence-electron chi connectivity index (χ1n) is 8.68. The van der Waals surface area contributed by atoms with Gasteiger partial charge in [0, 0.05) is 36.2 Å².